The first-order chi connectivity index (χ1) is 25.6. The fourth-order valence-electron chi connectivity index (χ4n) is 7.86. The Morgan fingerprint density at radius 1 is 0.635 bits per heavy atom. The monoisotopic (exact) mass is 686 g/mol. The second-order valence-corrected chi connectivity index (χ2v) is 14.7. The van der Waals surface area contributed by atoms with Crippen molar-refractivity contribution in [1.82, 2.24) is 19.5 Å². The molecule has 1 aliphatic rings. The van der Waals surface area contributed by atoms with E-state index in [-0.39, 0.29) is 0 Å². The molecule has 52 heavy (non-hydrogen) atoms. The van der Waals surface area contributed by atoms with Gasteiger partial charge in [0.1, 0.15) is 5.82 Å². The van der Waals surface area contributed by atoms with Crippen LogP contribution in [0.3, 0.4) is 0 Å². The number of pyridine rings is 1. The summed E-state index contributed by atoms with van der Waals surface area (Å²) in [6, 6.07) is 47.3. The van der Waals surface area contributed by atoms with Crippen LogP contribution in [-0.4, -0.2) is 19.5 Å². The number of thiophene rings is 1. The molecule has 248 valence electrons. The van der Waals surface area contributed by atoms with Crippen molar-refractivity contribution in [3.63, 3.8) is 0 Å². The van der Waals surface area contributed by atoms with E-state index in [4.69, 9.17) is 15.0 Å². The molecule has 0 amide bonds. The number of nitrogens with zero attached hydrogens (tertiary/aromatic N) is 4. The lowest BCUT2D eigenvalue weighted by Gasteiger charge is -2.18. The van der Waals surface area contributed by atoms with Crippen molar-refractivity contribution >= 4 is 59.0 Å². The van der Waals surface area contributed by atoms with Crippen molar-refractivity contribution in [2.24, 2.45) is 5.92 Å². The summed E-state index contributed by atoms with van der Waals surface area (Å²) in [6.07, 6.45) is 7.59. The summed E-state index contributed by atoms with van der Waals surface area (Å²) in [5.74, 6) is 2.05. The van der Waals surface area contributed by atoms with E-state index in [1.54, 1.807) is 0 Å². The molecule has 0 bridgehead atoms. The summed E-state index contributed by atoms with van der Waals surface area (Å²) in [7, 11) is 0. The Labute approximate surface area is 306 Å². The van der Waals surface area contributed by atoms with E-state index >= 15 is 0 Å². The molecule has 0 N–H and O–H groups in total. The van der Waals surface area contributed by atoms with Gasteiger partial charge in [0, 0.05) is 43.1 Å². The first-order valence-electron chi connectivity index (χ1n) is 17.9. The first kappa shape index (κ1) is 30.6. The van der Waals surface area contributed by atoms with E-state index in [0.717, 1.165) is 68.1 Å². The normalized spacial score (nSPS) is 14.5. The van der Waals surface area contributed by atoms with Crippen LogP contribution in [0.1, 0.15) is 24.6 Å². The number of para-hydroxylation sites is 2. The zero-order chi connectivity index (χ0) is 34.8. The van der Waals surface area contributed by atoms with Gasteiger partial charge < -0.3 is 0 Å². The zero-order valence-corrected chi connectivity index (χ0v) is 29.7. The Morgan fingerprint density at radius 3 is 2.00 bits per heavy atom. The summed E-state index contributed by atoms with van der Waals surface area (Å²) >= 11 is 1.81. The van der Waals surface area contributed by atoms with Gasteiger partial charge in [0.15, 0.2) is 5.82 Å². The maximum atomic E-state index is 5.61. The van der Waals surface area contributed by atoms with E-state index < -0.39 is 0 Å². The summed E-state index contributed by atoms with van der Waals surface area (Å²) in [5, 5.41) is 3.56. The number of benzene rings is 5. The lowest BCUT2D eigenvalue weighted by Crippen LogP contribution is -2.05. The minimum absolute atomic E-state index is 0.378. The average Bonchev–Trinajstić information content (AvgIpc) is 3.73. The van der Waals surface area contributed by atoms with Gasteiger partial charge >= 0.3 is 0 Å². The number of rotatable bonds is 5. The van der Waals surface area contributed by atoms with E-state index in [1.807, 2.05) is 17.4 Å². The lowest BCUT2D eigenvalue weighted by molar-refractivity contribution is 0.754. The second kappa shape index (κ2) is 12.3. The van der Waals surface area contributed by atoms with Crippen LogP contribution in [0.25, 0.3) is 87.3 Å². The van der Waals surface area contributed by atoms with Crippen molar-refractivity contribution in [1.29, 1.82) is 0 Å². The molecule has 4 aromatic heterocycles. The molecule has 4 nitrogen and oxygen atoms in total. The predicted molar refractivity (Wildman–Crippen MR) is 219 cm³/mol. The largest absolute Gasteiger partial charge is 0.294 e. The Kier molecular flexibility index (Phi) is 7.22. The first-order valence-corrected chi connectivity index (χ1v) is 18.7. The highest BCUT2D eigenvalue weighted by molar-refractivity contribution is 7.26. The summed E-state index contributed by atoms with van der Waals surface area (Å²) in [5.41, 5.74) is 12.1. The minimum atomic E-state index is 0.378. The van der Waals surface area contributed by atoms with Crippen molar-refractivity contribution in [2.75, 3.05) is 0 Å². The van der Waals surface area contributed by atoms with Crippen molar-refractivity contribution in [3.8, 4) is 39.6 Å². The van der Waals surface area contributed by atoms with Crippen LogP contribution in [0.5, 0.6) is 0 Å². The number of aromatic nitrogens is 4. The Morgan fingerprint density at radius 2 is 1.29 bits per heavy atom. The van der Waals surface area contributed by atoms with Gasteiger partial charge in [0.25, 0.3) is 0 Å². The van der Waals surface area contributed by atoms with Gasteiger partial charge in [-0.2, -0.15) is 0 Å². The molecule has 0 aliphatic heterocycles. The number of fused-ring (bicyclic) bond motifs is 6. The van der Waals surface area contributed by atoms with E-state index in [2.05, 4.69) is 164 Å². The molecule has 0 radical (unpaired) electrons. The number of hydrogen-bond acceptors (Lipinski definition) is 4. The SMILES string of the molecule is Cc1c(-n2c3ccccc3c3ccccc32)nc2c(sc3ccc(-c4nc(C5=CC=CCC5C)cc(-c5ccccc5)n4)cc32)c1-c1ccccc1. The average molecular weight is 687 g/mol. The third kappa shape index (κ3) is 4.92. The van der Waals surface area contributed by atoms with Crippen LogP contribution in [0.4, 0.5) is 0 Å². The summed E-state index contributed by atoms with van der Waals surface area (Å²) < 4.78 is 4.73. The van der Waals surface area contributed by atoms with Crippen LogP contribution in [0, 0.1) is 12.8 Å². The smallest absolute Gasteiger partial charge is 0.160 e. The Hall–Kier alpha value is -6.17. The van der Waals surface area contributed by atoms with Crippen LogP contribution in [0.15, 0.2) is 152 Å². The Bertz CT molecular complexity index is 2840. The highest BCUT2D eigenvalue weighted by Crippen LogP contribution is 2.45. The summed E-state index contributed by atoms with van der Waals surface area (Å²) in [6.45, 7) is 4.50. The third-order valence-electron chi connectivity index (χ3n) is 10.5. The van der Waals surface area contributed by atoms with Crippen LogP contribution < -0.4 is 0 Å². The van der Waals surface area contributed by atoms with Gasteiger partial charge in [-0.05, 0) is 66.8 Å². The van der Waals surface area contributed by atoms with Crippen molar-refractivity contribution in [3.05, 3.63) is 163 Å². The molecule has 9 aromatic rings. The summed E-state index contributed by atoms with van der Waals surface area (Å²) in [4.78, 5) is 16.0. The minimum Gasteiger partial charge on any atom is -0.294 e. The molecule has 5 aromatic carbocycles. The van der Waals surface area contributed by atoms with Gasteiger partial charge in [-0.1, -0.05) is 122 Å². The molecular formula is C47H34N4S. The van der Waals surface area contributed by atoms with E-state index in [9.17, 15) is 0 Å². The molecule has 0 saturated carbocycles. The van der Waals surface area contributed by atoms with Crippen LogP contribution in [0.2, 0.25) is 0 Å². The highest BCUT2D eigenvalue weighted by atomic mass is 32.1. The molecule has 10 rings (SSSR count). The van der Waals surface area contributed by atoms with Gasteiger partial charge in [-0.15, -0.1) is 11.3 Å². The molecular weight excluding hydrogens is 653 g/mol. The van der Waals surface area contributed by atoms with Crippen LogP contribution in [-0.2, 0) is 0 Å². The van der Waals surface area contributed by atoms with Gasteiger partial charge in [0.05, 0.1) is 32.6 Å². The lowest BCUT2D eigenvalue weighted by atomic mass is 9.90. The fourth-order valence-corrected chi connectivity index (χ4v) is 9.11. The predicted octanol–water partition coefficient (Wildman–Crippen LogP) is 12.6. The van der Waals surface area contributed by atoms with E-state index in [1.165, 1.54) is 36.9 Å². The maximum absolute atomic E-state index is 5.61. The molecule has 0 fully saturated rings. The molecule has 0 spiro atoms. The molecule has 1 aliphatic carbocycles. The van der Waals surface area contributed by atoms with Gasteiger partial charge in [0.2, 0.25) is 0 Å². The Balaban J connectivity index is 1.25. The topological polar surface area (TPSA) is 43.6 Å². The van der Waals surface area contributed by atoms with Gasteiger partial charge in [-0.3, -0.25) is 4.57 Å². The number of allylic oxidation sites excluding steroid dienone is 4. The van der Waals surface area contributed by atoms with Crippen molar-refractivity contribution in [2.45, 2.75) is 20.3 Å². The maximum Gasteiger partial charge on any atom is 0.160 e. The molecule has 4 heterocycles. The molecule has 0 saturated heterocycles. The van der Waals surface area contributed by atoms with Gasteiger partial charge in [-0.25, -0.2) is 15.0 Å². The molecule has 1 atom stereocenters. The second-order valence-electron chi connectivity index (χ2n) is 13.7. The third-order valence-corrected chi connectivity index (χ3v) is 11.6. The van der Waals surface area contributed by atoms with E-state index in [0.29, 0.717) is 5.92 Å². The quantitative estimate of drug-likeness (QED) is 0.181. The molecule has 1 unspecified atom stereocenters. The zero-order valence-electron chi connectivity index (χ0n) is 28.9. The standard InChI is InChI=1S/C47H34N4S/c1-29-15-9-10-20-34(29)39-28-38(31-16-5-3-6-17-31)48-46(49-39)33-25-26-42-37(27-33)44-45(52-42)43(32-18-7-4-8-19-32)30(2)47(50-44)51-40-23-13-11-21-35(40)36-22-12-14-24-41(36)51/h3-14,16-29H,15H2,1-2H3. The van der Waals surface area contributed by atoms with Crippen molar-refractivity contribution < 1.29 is 0 Å². The van der Waals surface area contributed by atoms with Crippen LogP contribution >= 0.6 is 11.3 Å². The fraction of sp³-hybridized carbons (Fsp3) is 0.0851. The number of hydrogen-bond donors (Lipinski definition) is 0. The highest BCUT2D eigenvalue weighted by Gasteiger charge is 2.23. The molecule has 5 heteroatoms.